The molecule has 0 saturated carbocycles. The lowest BCUT2D eigenvalue weighted by Gasteiger charge is -2.38. The second-order valence-corrected chi connectivity index (χ2v) is 10.9. The third-order valence-electron chi connectivity index (χ3n) is 6.78. The third kappa shape index (κ3) is 5.02. The fourth-order valence-electron chi connectivity index (χ4n) is 4.91. The number of hydrogen-bond acceptors (Lipinski definition) is 4. The van der Waals surface area contributed by atoms with Crippen molar-refractivity contribution in [1.29, 1.82) is 0 Å². The number of anilines is 1. The standard InChI is InChI=1S/C29H28ClN3OS/c1-18(32-33-29(34)19(2)35-21-9-4-3-5-10-21)20-15-16-27-25(17-20)22-12-8-13-23(22)28(31-27)24-11-6-7-14-26(24)30/h3-12,14-17,19,22-23,28,31H,13H2,1-2H3,(H,33,34)/b32-18-/t19-,22+,23-,28-/m0/s1. The number of thioether (sulfide) groups is 1. The van der Waals surface area contributed by atoms with E-state index in [-0.39, 0.29) is 17.2 Å². The summed E-state index contributed by atoms with van der Waals surface area (Å²) < 4.78 is 0. The average Bonchev–Trinajstić information content (AvgIpc) is 3.38. The lowest BCUT2D eigenvalue weighted by molar-refractivity contribution is -0.120. The summed E-state index contributed by atoms with van der Waals surface area (Å²) in [5, 5.41) is 8.71. The van der Waals surface area contributed by atoms with Gasteiger partial charge in [-0.2, -0.15) is 5.10 Å². The molecular formula is C29H28ClN3OS. The van der Waals surface area contributed by atoms with Gasteiger partial charge in [0.25, 0.3) is 5.91 Å². The van der Waals surface area contributed by atoms with Crippen LogP contribution in [0.1, 0.15) is 48.9 Å². The molecule has 1 amide bonds. The van der Waals surface area contributed by atoms with Crippen molar-refractivity contribution < 1.29 is 4.79 Å². The Labute approximate surface area is 215 Å². The predicted octanol–water partition coefficient (Wildman–Crippen LogP) is 7.19. The minimum absolute atomic E-state index is 0.112. The fraction of sp³-hybridized carbons (Fsp3) is 0.241. The van der Waals surface area contributed by atoms with Gasteiger partial charge in [0.05, 0.1) is 17.0 Å². The highest BCUT2D eigenvalue weighted by Crippen LogP contribution is 2.50. The number of allylic oxidation sites excluding steroid dienone is 2. The molecule has 0 bridgehead atoms. The Balaban J connectivity index is 1.32. The third-order valence-corrected chi connectivity index (χ3v) is 8.24. The van der Waals surface area contributed by atoms with Crippen LogP contribution in [0, 0.1) is 5.92 Å². The summed E-state index contributed by atoms with van der Waals surface area (Å²) in [6.45, 7) is 3.83. The molecule has 4 nitrogen and oxygen atoms in total. The lowest BCUT2D eigenvalue weighted by Crippen LogP contribution is -2.29. The van der Waals surface area contributed by atoms with E-state index >= 15 is 0 Å². The van der Waals surface area contributed by atoms with Gasteiger partial charge in [-0.15, -0.1) is 11.8 Å². The Bertz CT molecular complexity index is 1290. The largest absolute Gasteiger partial charge is 0.378 e. The summed E-state index contributed by atoms with van der Waals surface area (Å²) in [5.74, 6) is 0.613. The van der Waals surface area contributed by atoms with Crippen LogP contribution in [0.25, 0.3) is 0 Å². The summed E-state index contributed by atoms with van der Waals surface area (Å²) in [5.41, 5.74) is 8.06. The molecule has 0 spiro atoms. The number of carbonyl (C=O) groups excluding carboxylic acids is 1. The Morgan fingerprint density at radius 2 is 1.86 bits per heavy atom. The minimum Gasteiger partial charge on any atom is -0.378 e. The van der Waals surface area contributed by atoms with E-state index in [4.69, 9.17) is 11.6 Å². The number of benzene rings is 3. The summed E-state index contributed by atoms with van der Waals surface area (Å²) in [6.07, 6.45) is 5.60. The molecule has 2 N–H and O–H groups in total. The van der Waals surface area contributed by atoms with E-state index in [2.05, 4.69) is 52.3 Å². The molecule has 4 atom stereocenters. The van der Waals surface area contributed by atoms with Gasteiger partial charge in [0.2, 0.25) is 0 Å². The van der Waals surface area contributed by atoms with Crippen LogP contribution in [0.3, 0.4) is 0 Å². The number of hydrogen-bond donors (Lipinski definition) is 2. The van der Waals surface area contributed by atoms with Crippen LogP contribution in [0.15, 0.2) is 94.9 Å². The SMILES string of the molecule is C/C(=N/NC(=O)[C@H](C)Sc1ccccc1)c1ccc2c(c1)[C@@H]1C=CC[C@@H]1[C@@H](c1ccccc1Cl)N2. The number of nitrogens with one attached hydrogen (secondary N) is 2. The van der Waals surface area contributed by atoms with Crippen LogP contribution in [-0.4, -0.2) is 16.9 Å². The van der Waals surface area contributed by atoms with E-state index in [0.717, 1.165) is 38.9 Å². The van der Waals surface area contributed by atoms with Crippen LogP contribution < -0.4 is 10.7 Å². The molecule has 35 heavy (non-hydrogen) atoms. The summed E-state index contributed by atoms with van der Waals surface area (Å²) in [4.78, 5) is 13.7. The van der Waals surface area contributed by atoms with Crippen molar-refractivity contribution in [2.45, 2.75) is 42.4 Å². The van der Waals surface area contributed by atoms with E-state index in [1.54, 1.807) is 0 Å². The molecule has 0 saturated heterocycles. The van der Waals surface area contributed by atoms with Gasteiger partial charge in [-0.25, -0.2) is 5.43 Å². The zero-order valence-corrected chi connectivity index (χ0v) is 21.3. The quantitative estimate of drug-likeness (QED) is 0.163. The topological polar surface area (TPSA) is 53.5 Å². The smallest absolute Gasteiger partial charge is 0.253 e. The number of halogens is 1. The van der Waals surface area contributed by atoms with E-state index in [0.29, 0.717) is 11.8 Å². The Kier molecular flexibility index (Phi) is 6.98. The van der Waals surface area contributed by atoms with Gasteiger partial charge < -0.3 is 5.32 Å². The number of carbonyl (C=O) groups is 1. The molecule has 1 aliphatic heterocycles. The van der Waals surface area contributed by atoms with Gasteiger partial charge in [-0.1, -0.05) is 66.2 Å². The lowest BCUT2D eigenvalue weighted by atomic mass is 9.76. The van der Waals surface area contributed by atoms with Crippen molar-refractivity contribution in [3.8, 4) is 0 Å². The van der Waals surface area contributed by atoms with Crippen molar-refractivity contribution in [3.63, 3.8) is 0 Å². The molecule has 0 aromatic heterocycles. The zero-order chi connectivity index (χ0) is 24.4. The first kappa shape index (κ1) is 23.7. The normalized spacial score (nSPS) is 21.6. The van der Waals surface area contributed by atoms with Crippen molar-refractivity contribution in [2.24, 2.45) is 11.0 Å². The monoisotopic (exact) mass is 501 g/mol. The Morgan fingerprint density at radius 1 is 1.09 bits per heavy atom. The zero-order valence-electron chi connectivity index (χ0n) is 19.7. The van der Waals surface area contributed by atoms with Crippen molar-refractivity contribution in [3.05, 3.63) is 107 Å². The van der Waals surface area contributed by atoms with Crippen LogP contribution in [0.2, 0.25) is 5.02 Å². The highest BCUT2D eigenvalue weighted by Gasteiger charge is 2.38. The summed E-state index contributed by atoms with van der Waals surface area (Å²) in [6, 6.07) is 24.6. The van der Waals surface area contributed by atoms with Crippen LogP contribution in [0.5, 0.6) is 0 Å². The average molecular weight is 502 g/mol. The molecule has 0 unspecified atom stereocenters. The highest BCUT2D eigenvalue weighted by atomic mass is 35.5. The molecule has 2 aliphatic rings. The van der Waals surface area contributed by atoms with Crippen molar-refractivity contribution in [1.82, 2.24) is 5.43 Å². The Hall–Kier alpha value is -3.02. The fourth-order valence-corrected chi connectivity index (χ4v) is 6.04. The molecule has 3 aromatic carbocycles. The van der Waals surface area contributed by atoms with Crippen molar-refractivity contribution in [2.75, 3.05) is 5.32 Å². The predicted molar refractivity (Wildman–Crippen MR) is 146 cm³/mol. The van der Waals surface area contributed by atoms with E-state index in [1.807, 2.05) is 62.4 Å². The second kappa shape index (κ2) is 10.3. The molecule has 3 aromatic rings. The molecule has 1 heterocycles. The maximum absolute atomic E-state index is 12.6. The molecular weight excluding hydrogens is 474 g/mol. The first-order valence-corrected chi connectivity index (χ1v) is 13.1. The number of nitrogens with zero attached hydrogens (tertiary/aromatic N) is 1. The maximum Gasteiger partial charge on any atom is 0.253 e. The molecule has 6 heteroatoms. The molecule has 0 fully saturated rings. The van der Waals surface area contributed by atoms with Gasteiger partial charge in [-0.05, 0) is 73.2 Å². The summed E-state index contributed by atoms with van der Waals surface area (Å²) >= 11 is 8.08. The first-order valence-electron chi connectivity index (χ1n) is 11.9. The second-order valence-electron chi connectivity index (χ2n) is 9.05. The number of amides is 1. The highest BCUT2D eigenvalue weighted by molar-refractivity contribution is 8.00. The van der Waals surface area contributed by atoms with Crippen molar-refractivity contribution >= 4 is 40.7 Å². The van der Waals surface area contributed by atoms with Crippen LogP contribution in [-0.2, 0) is 4.79 Å². The van der Waals surface area contributed by atoms with E-state index in [1.165, 1.54) is 17.3 Å². The Morgan fingerprint density at radius 3 is 2.66 bits per heavy atom. The first-order chi connectivity index (χ1) is 17.0. The number of hydrazone groups is 1. The molecule has 0 radical (unpaired) electrons. The number of fused-ring (bicyclic) bond motifs is 3. The van der Waals surface area contributed by atoms with Gasteiger partial charge in [-0.3, -0.25) is 4.79 Å². The maximum atomic E-state index is 12.6. The van der Waals surface area contributed by atoms with Crippen LogP contribution >= 0.6 is 23.4 Å². The minimum atomic E-state index is -0.243. The molecule has 5 rings (SSSR count). The van der Waals surface area contributed by atoms with Gasteiger partial charge in [0, 0.05) is 21.5 Å². The summed E-state index contributed by atoms with van der Waals surface area (Å²) in [7, 11) is 0. The van der Waals surface area contributed by atoms with Crippen LogP contribution in [0.4, 0.5) is 5.69 Å². The van der Waals surface area contributed by atoms with Gasteiger partial charge in [0.15, 0.2) is 0 Å². The van der Waals surface area contributed by atoms with Gasteiger partial charge in [0.1, 0.15) is 0 Å². The van der Waals surface area contributed by atoms with Gasteiger partial charge >= 0.3 is 0 Å². The van der Waals surface area contributed by atoms with E-state index in [9.17, 15) is 4.79 Å². The number of rotatable bonds is 6. The van der Waals surface area contributed by atoms with E-state index < -0.39 is 0 Å². The molecule has 1 aliphatic carbocycles. The molecule has 178 valence electrons.